The average Bonchev–Trinajstić information content (AvgIpc) is 2.68. The van der Waals surface area contributed by atoms with Crippen LogP contribution in [-0.4, -0.2) is 35.2 Å². The molecule has 0 radical (unpaired) electrons. The summed E-state index contributed by atoms with van der Waals surface area (Å²) in [5, 5.41) is 6.30. The Bertz CT molecular complexity index is 399. The van der Waals surface area contributed by atoms with Crippen LogP contribution in [0.5, 0.6) is 6.01 Å². The highest BCUT2D eigenvalue weighted by Gasteiger charge is 2.34. The summed E-state index contributed by atoms with van der Waals surface area (Å²) in [6.45, 7) is 4.55. The largest absolute Gasteiger partial charge is 0.467 e. The van der Waals surface area contributed by atoms with Gasteiger partial charge in [-0.1, -0.05) is 20.3 Å². The smallest absolute Gasteiger partial charge is 0.322 e. The summed E-state index contributed by atoms with van der Waals surface area (Å²) in [6.07, 6.45) is 3.62. The summed E-state index contributed by atoms with van der Waals surface area (Å²) in [5.41, 5.74) is 0.277. The Labute approximate surface area is 108 Å². The van der Waals surface area contributed by atoms with Crippen LogP contribution in [-0.2, 0) is 0 Å². The molecule has 0 spiro atoms. The van der Waals surface area contributed by atoms with Crippen LogP contribution in [0.3, 0.4) is 0 Å². The first-order chi connectivity index (χ1) is 8.55. The van der Waals surface area contributed by atoms with Gasteiger partial charge < -0.3 is 15.4 Å². The lowest BCUT2D eigenvalue weighted by Gasteiger charge is -2.27. The maximum absolute atomic E-state index is 5.07. The van der Waals surface area contributed by atoms with Crippen molar-refractivity contribution < 1.29 is 4.74 Å². The van der Waals surface area contributed by atoms with Crippen molar-refractivity contribution in [2.75, 3.05) is 24.8 Å². The molecule has 0 aromatic carbocycles. The van der Waals surface area contributed by atoms with E-state index < -0.39 is 0 Å². The number of anilines is 2. The van der Waals surface area contributed by atoms with Gasteiger partial charge in [-0.15, -0.1) is 0 Å². The molecule has 1 aromatic rings. The van der Waals surface area contributed by atoms with Gasteiger partial charge in [0.25, 0.3) is 0 Å². The summed E-state index contributed by atoms with van der Waals surface area (Å²) < 4.78 is 5.07. The number of aromatic nitrogens is 3. The Morgan fingerprint density at radius 1 is 1.22 bits per heavy atom. The minimum absolute atomic E-state index is 0.277. The SMILES string of the molecule is CNc1nc(NC2CCCC2(C)C)nc(OC)n1. The van der Waals surface area contributed by atoms with Gasteiger partial charge in [0.1, 0.15) is 0 Å². The summed E-state index contributed by atoms with van der Waals surface area (Å²) in [7, 11) is 3.33. The molecule has 100 valence electrons. The van der Waals surface area contributed by atoms with Gasteiger partial charge in [-0.3, -0.25) is 0 Å². The van der Waals surface area contributed by atoms with Crippen molar-refractivity contribution in [1.29, 1.82) is 0 Å². The molecule has 1 saturated carbocycles. The Kier molecular flexibility index (Phi) is 3.54. The molecule has 0 saturated heterocycles. The first kappa shape index (κ1) is 12.9. The number of hydrogen-bond donors (Lipinski definition) is 2. The lowest BCUT2D eigenvalue weighted by molar-refractivity contribution is 0.347. The van der Waals surface area contributed by atoms with Crippen LogP contribution in [0.4, 0.5) is 11.9 Å². The van der Waals surface area contributed by atoms with Crippen molar-refractivity contribution in [2.45, 2.75) is 39.2 Å². The molecule has 1 aromatic heterocycles. The van der Waals surface area contributed by atoms with Crippen LogP contribution in [0, 0.1) is 5.41 Å². The minimum Gasteiger partial charge on any atom is -0.467 e. The summed E-state index contributed by atoms with van der Waals surface area (Å²) >= 11 is 0. The third-order valence-corrected chi connectivity index (χ3v) is 3.58. The monoisotopic (exact) mass is 251 g/mol. The van der Waals surface area contributed by atoms with Crippen molar-refractivity contribution in [3.05, 3.63) is 0 Å². The average molecular weight is 251 g/mol. The third-order valence-electron chi connectivity index (χ3n) is 3.58. The van der Waals surface area contributed by atoms with Crippen LogP contribution in [0.1, 0.15) is 33.1 Å². The van der Waals surface area contributed by atoms with E-state index in [1.807, 2.05) is 0 Å². The molecule has 0 aliphatic heterocycles. The maximum Gasteiger partial charge on any atom is 0.322 e. The van der Waals surface area contributed by atoms with Crippen molar-refractivity contribution in [2.24, 2.45) is 5.41 Å². The van der Waals surface area contributed by atoms with E-state index in [4.69, 9.17) is 4.74 Å². The summed E-state index contributed by atoms with van der Waals surface area (Å²) in [5.74, 6) is 1.09. The molecule has 2 rings (SSSR count). The number of nitrogens with zero attached hydrogens (tertiary/aromatic N) is 3. The molecule has 1 fully saturated rings. The lowest BCUT2D eigenvalue weighted by atomic mass is 9.87. The van der Waals surface area contributed by atoms with Gasteiger partial charge in [0.05, 0.1) is 7.11 Å². The van der Waals surface area contributed by atoms with Crippen LogP contribution in [0.2, 0.25) is 0 Å². The fraction of sp³-hybridized carbons (Fsp3) is 0.750. The van der Waals surface area contributed by atoms with E-state index >= 15 is 0 Å². The van der Waals surface area contributed by atoms with Crippen molar-refractivity contribution in [3.63, 3.8) is 0 Å². The molecular weight excluding hydrogens is 230 g/mol. The van der Waals surface area contributed by atoms with Crippen molar-refractivity contribution in [1.82, 2.24) is 15.0 Å². The number of nitrogens with one attached hydrogen (secondary N) is 2. The Hall–Kier alpha value is -1.59. The molecule has 0 amide bonds. The summed E-state index contributed by atoms with van der Waals surface area (Å²) in [6, 6.07) is 0.724. The van der Waals surface area contributed by atoms with E-state index in [0.29, 0.717) is 23.9 Å². The van der Waals surface area contributed by atoms with Crippen LogP contribution in [0.15, 0.2) is 0 Å². The molecule has 0 bridgehead atoms. The standard InChI is InChI=1S/C12H21N5O/c1-12(2)7-5-6-8(12)14-10-15-9(13-3)16-11(17-10)18-4/h8H,5-7H2,1-4H3,(H2,13,14,15,16,17). The van der Waals surface area contributed by atoms with E-state index in [1.165, 1.54) is 12.8 Å². The van der Waals surface area contributed by atoms with Gasteiger partial charge in [0.15, 0.2) is 0 Å². The van der Waals surface area contributed by atoms with Crippen molar-refractivity contribution >= 4 is 11.9 Å². The molecule has 6 heteroatoms. The van der Waals surface area contributed by atoms with Gasteiger partial charge in [-0.2, -0.15) is 15.0 Å². The van der Waals surface area contributed by atoms with Gasteiger partial charge >= 0.3 is 6.01 Å². The highest BCUT2D eigenvalue weighted by molar-refractivity contribution is 5.36. The Morgan fingerprint density at radius 3 is 2.50 bits per heavy atom. The van der Waals surface area contributed by atoms with Crippen LogP contribution >= 0.6 is 0 Å². The molecule has 18 heavy (non-hydrogen) atoms. The van der Waals surface area contributed by atoms with Crippen LogP contribution in [0.25, 0.3) is 0 Å². The molecular formula is C12H21N5O. The van der Waals surface area contributed by atoms with Gasteiger partial charge in [0.2, 0.25) is 11.9 Å². The number of ether oxygens (including phenoxy) is 1. The normalized spacial score (nSPS) is 21.7. The zero-order chi connectivity index (χ0) is 13.2. The van der Waals surface area contributed by atoms with E-state index in [2.05, 4.69) is 39.4 Å². The Balaban J connectivity index is 2.18. The number of rotatable bonds is 4. The highest BCUT2D eigenvalue weighted by Crippen LogP contribution is 2.38. The van der Waals surface area contributed by atoms with E-state index in [0.717, 1.165) is 6.42 Å². The molecule has 2 N–H and O–H groups in total. The molecule has 1 aliphatic rings. The lowest BCUT2D eigenvalue weighted by Crippen LogP contribution is -2.31. The fourth-order valence-electron chi connectivity index (χ4n) is 2.37. The molecule has 1 unspecified atom stereocenters. The predicted octanol–water partition coefficient (Wildman–Crippen LogP) is 1.91. The first-order valence-corrected chi connectivity index (χ1v) is 6.29. The molecule has 1 aliphatic carbocycles. The van der Waals surface area contributed by atoms with E-state index in [1.54, 1.807) is 14.2 Å². The highest BCUT2D eigenvalue weighted by atomic mass is 16.5. The fourth-order valence-corrected chi connectivity index (χ4v) is 2.37. The zero-order valence-corrected chi connectivity index (χ0v) is 11.4. The van der Waals surface area contributed by atoms with E-state index in [9.17, 15) is 0 Å². The molecule has 1 atom stereocenters. The minimum atomic E-state index is 0.277. The number of methoxy groups -OCH3 is 1. The number of hydrogen-bond acceptors (Lipinski definition) is 6. The molecule has 1 heterocycles. The van der Waals surface area contributed by atoms with Crippen LogP contribution < -0.4 is 15.4 Å². The predicted molar refractivity (Wildman–Crippen MR) is 71.0 cm³/mol. The quantitative estimate of drug-likeness (QED) is 0.851. The summed E-state index contributed by atoms with van der Waals surface area (Å²) in [4.78, 5) is 12.6. The second-order valence-electron chi connectivity index (χ2n) is 5.30. The second-order valence-corrected chi connectivity index (χ2v) is 5.30. The van der Waals surface area contributed by atoms with Gasteiger partial charge in [-0.25, -0.2) is 0 Å². The van der Waals surface area contributed by atoms with E-state index in [-0.39, 0.29) is 5.41 Å². The first-order valence-electron chi connectivity index (χ1n) is 6.29. The third kappa shape index (κ3) is 2.63. The molecule has 6 nitrogen and oxygen atoms in total. The Morgan fingerprint density at radius 2 is 1.94 bits per heavy atom. The maximum atomic E-state index is 5.07. The van der Waals surface area contributed by atoms with Crippen molar-refractivity contribution in [3.8, 4) is 6.01 Å². The zero-order valence-electron chi connectivity index (χ0n) is 11.4. The second kappa shape index (κ2) is 4.96. The van der Waals surface area contributed by atoms with Gasteiger partial charge in [-0.05, 0) is 18.3 Å². The topological polar surface area (TPSA) is 72.0 Å². The van der Waals surface area contributed by atoms with Gasteiger partial charge in [0, 0.05) is 13.1 Å².